The Kier molecular flexibility index (Phi) is 3.32. The average Bonchev–Trinajstić information content (AvgIpc) is 2.18. The van der Waals surface area contributed by atoms with Crippen molar-refractivity contribution in [1.82, 2.24) is 0 Å². The number of rotatable bonds is 2. The zero-order valence-corrected chi connectivity index (χ0v) is 10.3. The van der Waals surface area contributed by atoms with Gasteiger partial charge in [-0.25, -0.2) is 0 Å². The lowest BCUT2D eigenvalue weighted by Crippen LogP contribution is -2.39. The highest BCUT2D eigenvalue weighted by Crippen LogP contribution is 2.29. The van der Waals surface area contributed by atoms with Gasteiger partial charge in [-0.3, -0.25) is 0 Å². The number of benzene rings is 1. The van der Waals surface area contributed by atoms with Crippen LogP contribution in [-0.2, 0) is 0 Å². The first-order valence-electron chi connectivity index (χ1n) is 5.44. The van der Waals surface area contributed by atoms with Gasteiger partial charge in [-0.05, 0) is 43.9 Å². The summed E-state index contributed by atoms with van der Waals surface area (Å²) in [5.41, 5.74) is 0.285. The topological polar surface area (TPSA) is 32.3 Å². The summed E-state index contributed by atoms with van der Waals surface area (Å²) in [6, 6.07) is 7.93. The molecule has 82 valence electrons. The van der Waals surface area contributed by atoms with Gasteiger partial charge in [-0.2, -0.15) is 0 Å². The Bertz CT molecular complexity index is 334. The normalized spacial score (nSPS) is 19.9. The zero-order valence-electron chi connectivity index (χ0n) is 8.67. The molecule has 0 atom stereocenters. The summed E-state index contributed by atoms with van der Waals surface area (Å²) in [6.07, 6.45) is 5.15. The van der Waals surface area contributed by atoms with Gasteiger partial charge < -0.3 is 10.4 Å². The number of nitrogens with one attached hydrogen (secondary N) is 1. The van der Waals surface area contributed by atoms with E-state index in [1.165, 1.54) is 6.42 Å². The van der Waals surface area contributed by atoms with E-state index in [2.05, 4.69) is 21.2 Å². The third-order valence-electron chi connectivity index (χ3n) is 2.88. The van der Waals surface area contributed by atoms with Gasteiger partial charge in [0.05, 0.1) is 0 Å². The zero-order chi connectivity index (χ0) is 10.7. The van der Waals surface area contributed by atoms with Crippen LogP contribution in [0.2, 0.25) is 0 Å². The summed E-state index contributed by atoms with van der Waals surface area (Å²) < 4.78 is 1.03. The van der Waals surface area contributed by atoms with Gasteiger partial charge in [-0.15, -0.1) is 0 Å². The van der Waals surface area contributed by atoms with Gasteiger partial charge in [0.1, 0.15) is 5.72 Å². The van der Waals surface area contributed by atoms with E-state index < -0.39 is 5.72 Å². The molecule has 3 heteroatoms. The molecule has 0 aromatic heterocycles. The highest BCUT2D eigenvalue weighted by atomic mass is 79.9. The molecular weight excluding hydrogens is 254 g/mol. The number of anilines is 1. The fourth-order valence-corrected chi connectivity index (χ4v) is 2.50. The van der Waals surface area contributed by atoms with Crippen molar-refractivity contribution < 1.29 is 5.11 Å². The van der Waals surface area contributed by atoms with Crippen LogP contribution in [0.15, 0.2) is 28.7 Å². The summed E-state index contributed by atoms with van der Waals surface area (Å²) >= 11 is 3.42. The van der Waals surface area contributed by atoms with Gasteiger partial charge in [0.15, 0.2) is 0 Å². The van der Waals surface area contributed by atoms with E-state index in [0.29, 0.717) is 0 Å². The molecule has 2 nitrogen and oxygen atoms in total. The van der Waals surface area contributed by atoms with Crippen molar-refractivity contribution in [1.29, 1.82) is 0 Å². The van der Waals surface area contributed by atoms with E-state index >= 15 is 0 Å². The van der Waals surface area contributed by atoms with Crippen LogP contribution in [0.4, 0.5) is 5.69 Å². The van der Waals surface area contributed by atoms with E-state index in [9.17, 15) is 5.11 Å². The second-order valence-corrected chi connectivity index (χ2v) is 5.14. The Morgan fingerprint density at radius 2 is 1.93 bits per heavy atom. The predicted molar refractivity (Wildman–Crippen MR) is 65.8 cm³/mol. The maximum Gasteiger partial charge on any atom is 0.135 e. The van der Waals surface area contributed by atoms with Crippen LogP contribution in [0, 0.1) is 0 Å². The molecule has 1 aliphatic rings. The summed E-state index contributed by atoms with van der Waals surface area (Å²) in [5, 5.41) is 13.5. The first kappa shape index (κ1) is 11.0. The van der Waals surface area contributed by atoms with Crippen LogP contribution >= 0.6 is 15.9 Å². The fourth-order valence-electron chi connectivity index (χ4n) is 2.10. The quantitative estimate of drug-likeness (QED) is 0.806. The van der Waals surface area contributed by atoms with Crippen LogP contribution in [0.25, 0.3) is 0 Å². The molecule has 0 spiro atoms. The highest BCUT2D eigenvalue weighted by molar-refractivity contribution is 9.10. The lowest BCUT2D eigenvalue weighted by molar-refractivity contribution is 0.0317. The van der Waals surface area contributed by atoms with Crippen molar-refractivity contribution in [2.24, 2.45) is 0 Å². The number of halogens is 1. The van der Waals surface area contributed by atoms with Gasteiger partial charge in [0.2, 0.25) is 0 Å². The lowest BCUT2D eigenvalue weighted by atomic mass is 9.91. The van der Waals surface area contributed by atoms with E-state index in [1.807, 2.05) is 24.3 Å². The molecule has 15 heavy (non-hydrogen) atoms. The SMILES string of the molecule is OC1(Nc2cccc(Br)c2)CCCCC1. The van der Waals surface area contributed by atoms with Crippen LogP contribution in [0.1, 0.15) is 32.1 Å². The second-order valence-electron chi connectivity index (χ2n) is 4.23. The molecule has 1 aromatic carbocycles. The van der Waals surface area contributed by atoms with Crippen molar-refractivity contribution >= 4 is 21.6 Å². The van der Waals surface area contributed by atoms with Crippen LogP contribution in [-0.4, -0.2) is 10.8 Å². The number of hydrogen-bond donors (Lipinski definition) is 2. The van der Waals surface area contributed by atoms with Crippen molar-refractivity contribution in [3.8, 4) is 0 Å². The molecular formula is C12H16BrNO. The largest absolute Gasteiger partial charge is 0.371 e. The summed E-state index contributed by atoms with van der Waals surface area (Å²) in [7, 11) is 0. The smallest absolute Gasteiger partial charge is 0.135 e. The maximum absolute atomic E-state index is 10.3. The Morgan fingerprint density at radius 3 is 2.60 bits per heavy atom. The van der Waals surface area contributed by atoms with E-state index in [0.717, 1.165) is 35.8 Å². The molecule has 1 aromatic rings. The minimum Gasteiger partial charge on any atom is -0.371 e. The first-order valence-corrected chi connectivity index (χ1v) is 6.23. The minimum absolute atomic E-state index is 0.695. The predicted octanol–water partition coefficient (Wildman–Crippen LogP) is 3.51. The van der Waals surface area contributed by atoms with Crippen LogP contribution in [0.5, 0.6) is 0 Å². The Labute approximate surface area is 98.8 Å². The van der Waals surface area contributed by atoms with Crippen LogP contribution < -0.4 is 5.32 Å². The lowest BCUT2D eigenvalue weighted by Gasteiger charge is -2.33. The molecule has 0 aliphatic heterocycles. The highest BCUT2D eigenvalue weighted by Gasteiger charge is 2.28. The number of aliphatic hydroxyl groups is 1. The van der Waals surface area contributed by atoms with Gasteiger partial charge >= 0.3 is 0 Å². The summed E-state index contributed by atoms with van der Waals surface area (Å²) in [4.78, 5) is 0. The number of hydrogen-bond acceptors (Lipinski definition) is 2. The molecule has 0 amide bonds. The van der Waals surface area contributed by atoms with E-state index in [-0.39, 0.29) is 0 Å². The van der Waals surface area contributed by atoms with E-state index in [1.54, 1.807) is 0 Å². The van der Waals surface area contributed by atoms with Gasteiger partial charge in [0.25, 0.3) is 0 Å². The maximum atomic E-state index is 10.3. The monoisotopic (exact) mass is 269 g/mol. The standard InChI is InChI=1S/C12H16BrNO/c13-10-5-4-6-11(9-10)14-12(15)7-2-1-3-8-12/h4-6,9,14-15H,1-3,7-8H2. The van der Waals surface area contributed by atoms with Gasteiger partial charge in [-0.1, -0.05) is 28.4 Å². The molecule has 0 radical (unpaired) electrons. The molecule has 0 bridgehead atoms. The Balaban J connectivity index is 2.06. The van der Waals surface area contributed by atoms with Crippen molar-refractivity contribution in [2.75, 3.05) is 5.32 Å². The minimum atomic E-state index is -0.695. The molecule has 2 rings (SSSR count). The average molecular weight is 270 g/mol. The Morgan fingerprint density at radius 1 is 1.20 bits per heavy atom. The molecule has 0 saturated heterocycles. The molecule has 2 N–H and O–H groups in total. The second kappa shape index (κ2) is 4.54. The third-order valence-corrected chi connectivity index (χ3v) is 3.38. The molecule has 0 unspecified atom stereocenters. The molecule has 1 saturated carbocycles. The Hall–Kier alpha value is -0.540. The van der Waals surface area contributed by atoms with Crippen molar-refractivity contribution in [2.45, 2.75) is 37.8 Å². The summed E-state index contributed by atoms with van der Waals surface area (Å²) in [6.45, 7) is 0. The molecule has 0 heterocycles. The fraction of sp³-hybridized carbons (Fsp3) is 0.500. The first-order chi connectivity index (χ1) is 7.18. The molecule has 1 aliphatic carbocycles. The van der Waals surface area contributed by atoms with Crippen LogP contribution in [0.3, 0.4) is 0 Å². The molecule has 1 fully saturated rings. The van der Waals surface area contributed by atoms with E-state index in [4.69, 9.17) is 0 Å². The third kappa shape index (κ3) is 2.95. The van der Waals surface area contributed by atoms with Gasteiger partial charge in [0, 0.05) is 10.2 Å². The van der Waals surface area contributed by atoms with Crippen molar-refractivity contribution in [3.05, 3.63) is 28.7 Å². The summed E-state index contributed by atoms with van der Waals surface area (Å²) in [5.74, 6) is 0. The van der Waals surface area contributed by atoms with Crippen molar-refractivity contribution in [3.63, 3.8) is 0 Å².